The van der Waals surface area contributed by atoms with Crippen molar-refractivity contribution in [2.75, 3.05) is 24.3 Å². The van der Waals surface area contributed by atoms with Gasteiger partial charge in [0.25, 0.3) is 0 Å². The van der Waals surface area contributed by atoms with Crippen LogP contribution in [0.5, 0.6) is 0 Å². The molecule has 1 N–H and O–H groups in total. The highest BCUT2D eigenvalue weighted by atomic mass is 16.2. The van der Waals surface area contributed by atoms with Crippen molar-refractivity contribution >= 4 is 23.2 Å². The van der Waals surface area contributed by atoms with Gasteiger partial charge in [0, 0.05) is 50.9 Å². The average molecular weight is 404 g/mol. The zero-order valence-electron chi connectivity index (χ0n) is 20.1. The first-order chi connectivity index (χ1) is 13.1. The minimum Gasteiger partial charge on any atom is -0.377 e. The molecule has 0 aliphatic heterocycles. The third kappa shape index (κ3) is 8.88. The summed E-state index contributed by atoms with van der Waals surface area (Å²) in [4.78, 5) is 29.3. The number of carbonyl (C=O) groups excluding carboxylic acids is 2. The first-order valence-corrected chi connectivity index (χ1v) is 10.5. The number of nitrogens with zero attached hydrogens (tertiary/aromatic N) is 2. The van der Waals surface area contributed by atoms with E-state index >= 15 is 0 Å². The second-order valence-corrected chi connectivity index (χ2v) is 10.9. The van der Waals surface area contributed by atoms with Gasteiger partial charge in [-0.05, 0) is 48.4 Å². The van der Waals surface area contributed by atoms with Gasteiger partial charge in [-0.1, -0.05) is 41.5 Å². The Labute approximate surface area is 177 Å². The zero-order valence-corrected chi connectivity index (χ0v) is 20.1. The van der Waals surface area contributed by atoms with Crippen molar-refractivity contribution in [3.63, 3.8) is 0 Å². The summed E-state index contributed by atoms with van der Waals surface area (Å²) in [6.45, 7) is 17.0. The van der Waals surface area contributed by atoms with Crippen LogP contribution in [0.4, 0.5) is 11.4 Å². The van der Waals surface area contributed by atoms with Gasteiger partial charge in [-0.25, -0.2) is 0 Å². The molecule has 5 nitrogen and oxygen atoms in total. The van der Waals surface area contributed by atoms with Crippen LogP contribution in [0.2, 0.25) is 0 Å². The van der Waals surface area contributed by atoms with Crippen LogP contribution in [0, 0.1) is 10.8 Å². The molecule has 29 heavy (non-hydrogen) atoms. The summed E-state index contributed by atoms with van der Waals surface area (Å²) < 4.78 is 0. The molecule has 0 saturated heterocycles. The van der Waals surface area contributed by atoms with Crippen LogP contribution in [-0.2, 0) is 16.1 Å². The fraction of sp³-hybridized carbons (Fsp3) is 0.667. The Morgan fingerprint density at radius 1 is 0.966 bits per heavy atom. The number of hydrogen-bond donors (Lipinski definition) is 1. The summed E-state index contributed by atoms with van der Waals surface area (Å²) in [5.74, 6) is 0.157. The Morgan fingerprint density at radius 2 is 1.52 bits per heavy atom. The fourth-order valence-corrected chi connectivity index (χ4v) is 3.21. The molecule has 0 aliphatic carbocycles. The Balaban J connectivity index is 3.15. The van der Waals surface area contributed by atoms with Crippen molar-refractivity contribution in [3.8, 4) is 0 Å². The molecule has 5 heteroatoms. The molecule has 0 spiro atoms. The van der Waals surface area contributed by atoms with Crippen molar-refractivity contribution in [1.82, 2.24) is 4.90 Å². The molecule has 0 radical (unpaired) electrons. The lowest BCUT2D eigenvalue weighted by Crippen LogP contribution is -2.38. The smallest absolute Gasteiger partial charge is 0.224 e. The maximum Gasteiger partial charge on any atom is 0.224 e. The zero-order chi connectivity index (χ0) is 22.6. The van der Waals surface area contributed by atoms with Gasteiger partial charge < -0.3 is 15.1 Å². The van der Waals surface area contributed by atoms with E-state index < -0.39 is 0 Å². The monoisotopic (exact) mass is 403 g/mol. The van der Waals surface area contributed by atoms with Gasteiger partial charge in [-0.15, -0.1) is 0 Å². The lowest BCUT2D eigenvalue weighted by Gasteiger charge is -2.31. The summed E-state index contributed by atoms with van der Waals surface area (Å²) in [6.07, 6.45) is 0.963. The molecule has 2 amide bonds. The van der Waals surface area contributed by atoms with E-state index in [1.807, 2.05) is 55.9 Å². The van der Waals surface area contributed by atoms with Crippen molar-refractivity contribution in [2.45, 2.75) is 80.8 Å². The van der Waals surface area contributed by atoms with Crippen LogP contribution in [0.1, 0.15) is 73.8 Å². The molecule has 1 aromatic carbocycles. The number of benzene rings is 1. The molecule has 0 saturated carbocycles. The highest BCUT2D eigenvalue weighted by Crippen LogP contribution is 2.28. The van der Waals surface area contributed by atoms with Gasteiger partial charge in [0.05, 0.1) is 0 Å². The summed E-state index contributed by atoms with van der Waals surface area (Å²) >= 11 is 0. The molecule has 1 rings (SSSR count). The molecule has 0 bridgehead atoms. The molecular weight excluding hydrogens is 362 g/mol. The molecule has 0 aromatic heterocycles. The Morgan fingerprint density at radius 3 is 1.97 bits per heavy atom. The molecule has 0 aliphatic rings. The Bertz CT molecular complexity index is 710. The minimum atomic E-state index is -0.0652. The molecule has 1 aromatic rings. The first-order valence-electron chi connectivity index (χ1n) is 10.5. The molecule has 0 heterocycles. The van der Waals surface area contributed by atoms with E-state index in [9.17, 15) is 9.59 Å². The van der Waals surface area contributed by atoms with Gasteiger partial charge in [0.2, 0.25) is 11.8 Å². The van der Waals surface area contributed by atoms with Crippen LogP contribution >= 0.6 is 0 Å². The van der Waals surface area contributed by atoms with Gasteiger partial charge in [0.1, 0.15) is 0 Å². The minimum absolute atomic E-state index is 0.00516. The standard InChI is InChI=1S/C24H41N3O2/c1-17(2)27(22(29)15-24(6,7)8)16-18-13-19(11-12-20(18)26(9)10)25-21(28)14-23(3,4)5/h11-13,17H,14-16H2,1-10H3,(H,25,28). The van der Waals surface area contributed by atoms with Crippen molar-refractivity contribution in [1.29, 1.82) is 0 Å². The van der Waals surface area contributed by atoms with Crippen LogP contribution in [0.15, 0.2) is 18.2 Å². The number of carbonyl (C=O) groups is 2. The summed E-state index contributed by atoms with van der Waals surface area (Å²) in [6, 6.07) is 6.03. The van der Waals surface area contributed by atoms with Gasteiger partial charge >= 0.3 is 0 Å². The Kier molecular flexibility index (Phi) is 8.31. The molecule has 0 fully saturated rings. The van der Waals surface area contributed by atoms with Gasteiger partial charge in [0.15, 0.2) is 0 Å². The van der Waals surface area contributed by atoms with Crippen LogP contribution in [0.25, 0.3) is 0 Å². The number of rotatable bonds is 7. The maximum atomic E-state index is 12.9. The molecule has 0 atom stereocenters. The van der Waals surface area contributed by atoms with E-state index in [2.05, 4.69) is 46.9 Å². The first kappa shape index (κ1) is 25.0. The van der Waals surface area contributed by atoms with Crippen molar-refractivity contribution < 1.29 is 9.59 Å². The van der Waals surface area contributed by atoms with E-state index in [0.29, 0.717) is 19.4 Å². The number of nitrogens with one attached hydrogen (secondary N) is 1. The Hall–Kier alpha value is -2.04. The van der Waals surface area contributed by atoms with Crippen molar-refractivity contribution in [3.05, 3.63) is 23.8 Å². The average Bonchev–Trinajstić information content (AvgIpc) is 2.48. The van der Waals surface area contributed by atoms with E-state index in [4.69, 9.17) is 0 Å². The summed E-state index contributed by atoms with van der Waals surface area (Å²) in [7, 11) is 3.99. The number of anilines is 2. The lowest BCUT2D eigenvalue weighted by atomic mass is 9.91. The van der Waals surface area contributed by atoms with Crippen LogP contribution in [-0.4, -0.2) is 36.9 Å². The molecule has 0 unspecified atom stereocenters. The fourth-order valence-electron chi connectivity index (χ4n) is 3.21. The number of hydrogen-bond acceptors (Lipinski definition) is 3. The van der Waals surface area contributed by atoms with Crippen LogP contribution < -0.4 is 10.2 Å². The number of amides is 2. The summed E-state index contributed by atoms with van der Waals surface area (Å²) in [5, 5.41) is 3.01. The summed E-state index contributed by atoms with van der Waals surface area (Å²) in [5.41, 5.74) is 2.72. The topological polar surface area (TPSA) is 52.7 Å². The largest absolute Gasteiger partial charge is 0.377 e. The highest BCUT2D eigenvalue weighted by Gasteiger charge is 2.24. The van der Waals surface area contributed by atoms with E-state index in [-0.39, 0.29) is 28.7 Å². The second-order valence-electron chi connectivity index (χ2n) is 10.9. The van der Waals surface area contributed by atoms with E-state index in [0.717, 1.165) is 16.9 Å². The van der Waals surface area contributed by atoms with E-state index in [1.54, 1.807) is 0 Å². The highest BCUT2D eigenvalue weighted by molar-refractivity contribution is 5.91. The van der Waals surface area contributed by atoms with Gasteiger partial charge in [-0.3, -0.25) is 9.59 Å². The lowest BCUT2D eigenvalue weighted by molar-refractivity contribution is -0.135. The third-order valence-electron chi connectivity index (χ3n) is 4.50. The molecular formula is C24H41N3O2. The van der Waals surface area contributed by atoms with Gasteiger partial charge in [-0.2, -0.15) is 0 Å². The SMILES string of the molecule is CC(C)N(Cc1cc(NC(=O)CC(C)(C)C)ccc1N(C)C)C(=O)CC(C)(C)C. The predicted molar refractivity (Wildman–Crippen MR) is 123 cm³/mol. The maximum absolute atomic E-state index is 12.9. The van der Waals surface area contributed by atoms with Crippen molar-refractivity contribution in [2.24, 2.45) is 10.8 Å². The second kappa shape index (κ2) is 9.64. The molecule has 164 valence electrons. The van der Waals surface area contributed by atoms with Crippen LogP contribution in [0.3, 0.4) is 0 Å². The normalized spacial score (nSPS) is 12.1. The van der Waals surface area contributed by atoms with E-state index in [1.165, 1.54) is 0 Å². The quantitative estimate of drug-likeness (QED) is 0.672. The third-order valence-corrected chi connectivity index (χ3v) is 4.50. The predicted octanol–water partition coefficient (Wildman–Crippen LogP) is 5.30.